The van der Waals surface area contributed by atoms with E-state index in [0.29, 0.717) is 19.0 Å². The molecule has 0 aromatic heterocycles. The van der Waals surface area contributed by atoms with Crippen molar-refractivity contribution in [1.82, 2.24) is 10.2 Å². The van der Waals surface area contributed by atoms with Gasteiger partial charge in [-0.05, 0) is 35.2 Å². The number of rotatable bonds is 9. The van der Waals surface area contributed by atoms with Crippen LogP contribution in [-0.2, 0) is 24.2 Å². The Hall–Kier alpha value is -2.77. The van der Waals surface area contributed by atoms with Gasteiger partial charge in [0.1, 0.15) is 0 Å². The molecule has 0 atom stereocenters. The van der Waals surface area contributed by atoms with Crippen LogP contribution in [0, 0.1) is 0 Å². The number of ether oxygens (including phenoxy) is 3. The molecule has 3 rings (SSSR count). The summed E-state index contributed by atoms with van der Waals surface area (Å²) >= 11 is 0. The second-order valence-electron chi connectivity index (χ2n) is 7.28. The SMILES string of the molecule is COc1ccc(CCNC(N)=NCc2cccc(CN3CCOCC3)c2)cc1OC. The van der Waals surface area contributed by atoms with Crippen LogP contribution in [0.2, 0.25) is 0 Å². The third kappa shape index (κ3) is 6.64. The third-order valence-electron chi connectivity index (χ3n) is 5.10. The second-order valence-corrected chi connectivity index (χ2v) is 7.28. The maximum Gasteiger partial charge on any atom is 0.188 e. The van der Waals surface area contributed by atoms with E-state index in [2.05, 4.69) is 39.5 Å². The first-order chi connectivity index (χ1) is 14.7. The average Bonchev–Trinajstić information content (AvgIpc) is 2.78. The number of nitrogens with one attached hydrogen (secondary N) is 1. The van der Waals surface area contributed by atoms with Crippen LogP contribution in [0.5, 0.6) is 11.5 Å². The van der Waals surface area contributed by atoms with Gasteiger partial charge < -0.3 is 25.3 Å². The van der Waals surface area contributed by atoms with Crippen LogP contribution in [0.25, 0.3) is 0 Å². The van der Waals surface area contributed by atoms with E-state index in [4.69, 9.17) is 19.9 Å². The molecule has 7 heteroatoms. The lowest BCUT2D eigenvalue weighted by atomic mass is 10.1. The zero-order valence-corrected chi connectivity index (χ0v) is 17.9. The van der Waals surface area contributed by atoms with Crippen molar-refractivity contribution < 1.29 is 14.2 Å². The molecule has 1 fully saturated rings. The van der Waals surface area contributed by atoms with Gasteiger partial charge in [0, 0.05) is 26.2 Å². The molecule has 0 spiro atoms. The number of methoxy groups -OCH3 is 2. The Bertz CT molecular complexity index is 835. The van der Waals surface area contributed by atoms with Gasteiger partial charge in [0.2, 0.25) is 0 Å². The quantitative estimate of drug-likeness (QED) is 0.485. The third-order valence-corrected chi connectivity index (χ3v) is 5.10. The fraction of sp³-hybridized carbons (Fsp3) is 0.435. The highest BCUT2D eigenvalue weighted by atomic mass is 16.5. The molecule has 2 aromatic carbocycles. The molecule has 1 aliphatic heterocycles. The van der Waals surface area contributed by atoms with Crippen LogP contribution in [0.4, 0.5) is 0 Å². The fourth-order valence-corrected chi connectivity index (χ4v) is 3.45. The average molecular weight is 413 g/mol. The van der Waals surface area contributed by atoms with Crippen molar-refractivity contribution in [3.05, 3.63) is 59.2 Å². The van der Waals surface area contributed by atoms with Crippen molar-refractivity contribution in [2.75, 3.05) is 47.1 Å². The summed E-state index contributed by atoms with van der Waals surface area (Å²) < 4.78 is 16.0. The van der Waals surface area contributed by atoms with Gasteiger partial charge in [0.25, 0.3) is 0 Å². The Balaban J connectivity index is 1.46. The number of nitrogens with two attached hydrogens (primary N) is 1. The second kappa shape index (κ2) is 11.4. The summed E-state index contributed by atoms with van der Waals surface area (Å²) in [6.45, 7) is 5.80. The largest absolute Gasteiger partial charge is 0.493 e. The van der Waals surface area contributed by atoms with Crippen LogP contribution in [0.1, 0.15) is 16.7 Å². The Morgan fingerprint density at radius 2 is 1.80 bits per heavy atom. The number of benzene rings is 2. The number of hydrogen-bond donors (Lipinski definition) is 2. The van der Waals surface area contributed by atoms with Gasteiger partial charge in [0.05, 0.1) is 34.0 Å². The van der Waals surface area contributed by atoms with Gasteiger partial charge >= 0.3 is 0 Å². The van der Waals surface area contributed by atoms with Crippen LogP contribution >= 0.6 is 0 Å². The van der Waals surface area contributed by atoms with Gasteiger partial charge in [-0.3, -0.25) is 4.90 Å². The van der Waals surface area contributed by atoms with E-state index in [1.807, 2.05) is 18.2 Å². The Morgan fingerprint density at radius 3 is 2.57 bits per heavy atom. The molecule has 1 heterocycles. The summed E-state index contributed by atoms with van der Waals surface area (Å²) in [5.74, 6) is 1.91. The number of hydrogen-bond acceptors (Lipinski definition) is 5. The summed E-state index contributed by atoms with van der Waals surface area (Å²) in [6, 6.07) is 14.5. The van der Waals surface area contributed by atoms with E-state index in [-0.39, 0.29) is 0 Å². The first-order valence-electron chi connectivity index (χ1n) is 10.3. The zero-order chi connectivity index (χ0) is 21.2. The maximum atomic E-state index is 6.05. The maximum absolute atomic E-state index is 6.05. The highest BCUT2D eigenvalue weighted by Crippen LogP contribution is 2.27. The summed E-state index contributed by atoms with van der Waals surface area (Å²) in [5, 5.41) is 3.18. The molecule has 7 nitrogen and oxygen atoms in total. The van der Waals surface area contributed by atoms with Gasteiger partial charge in [-0.25, -0.2) is 4.99 Å². The molecule has 0 amide bonds. The fourth-order valence-electron chi connectivity index (χ4n) is 3.45. The molecule has 0 saturated carbocycles. The van der Waals surface area contributed by atoms with Gasteiger partial charge in [-0.15, -0.1) is 0 Å². The summed E-state index contributed by atoms with van der Waals surface area (Å²) in [6.07, 6.45) is 0.811. The Kier molecular flexibility index (Phi) is 8.35. The molecule has 30 heavy (non-hydrogen) atoms. The highest BCUT2D eigenvalue weighted by molar-refractivity contribution is 5.77. The van der Waals surface area contributed by atoms with Crippen LogP contribution in [-0.4, -0.2) is 57.9 Å². The number of aliphatic imine (C=N–C) groups is 1. The molecule has 162 valence electrons. The van der Waals surface area contributed by atoms with Gasteiger partial charge in [-0.2, -0.15) is 0 Å². The number of nitrogens with zero attached hydrogens (tertiary/aromatic N) is 2. The van der Waals surface area contributed by atoms with Crippen molar-refractivity contribution in [3.63, 3.8) is 0 Å². The van der Waals surface area contributed by atoms with E-state index in [9.17, 15) is 0 Å². The van der Waals surface area contributed by atoms with E-state index >= 15 is 0 Å². The zero-order valence-electron chi connectivity index (χ0n) is 17.9. The predicted octanol–water partition coefficient (Wildman–Crippen LogP) is 2.18. The van der Waals surface area contributed by atoms with Gasteiger partial charge in [0.15, 0.2) is 17.5 Å². The minimum absolute atomic E-state index is 0.453. The number of morpholine rings is 1. The minimum Gasteiger partial charge on any atom is -0.493 e. The van der Waals surface area contributed by atoms with Crippen molar-refractivity contribution in [1.29, 1.82) is 0 Å². The number of guanidine groups is 1. The lowest BCUT2D eigenvalue weighted by Crippen LogP contribution is -2.35. The van der Waals surface area contributed by atoms with E-state index in [1.54, 1.807) is 14.2 Å². The van der Waals surface area contributed by atoms with Crippen molar-refractivity contribution in [2.45, 2.75) is 19.5 Å². The monoisotopic (exact) mass is 412 g/mol. The lowest BCUT2D eigenvalue weighted by Gasteiger charge is -2.26. The molecule has 1 aliphatic rings. The highest BCUT2D eigenvalue weighted by Gasteiger charge is 2.10. The minimum atomic E-state index is 0.453. The van der Waals surface area contributed by atoms with Crippen molar-refractivity contribution in [3.8, 4) is 11.5 Å². The molecule has 1 saturated heterocycles. The van der Waals surface area contributed by atoms with Crippen LogP contribution in [0.3, 0.4) is 0 Å². The van der Waals surface area contributed by atoms with Crippen LogP contribution < -0.4 is 20.5 Å². The first kappa shape index (κ1) is 21.9. The topological polar surface area (TPSA) is 81.3 Å². The molecule has 0 radical (unpaired) electrons. The Morgan fingerprint density at radius 1 is 1.03 bits per heavy atom. The van der Waals surface area contributed by atoms with Crippen molar-refractivity contribution >= 4 is 5.96 Å². The lowest BCUT2D eigenvalue weighted by molar-refractivity contribution is 0.0342. The summed E-state index contributed by atoms with van der Waals surface area (Å²) in [4.78, 5) is 6.89. The van der Waals surface area contributed by atoms with E-state index in [0.717, 1.165) is 61.9 Å². The molecule has 0 aliphatic carbocycles. The molecule has 2 aromatic rings. The Labute approximate surface area is 178 Å². The smallest absolute Gasteiger partial charge is 0.188 e. The van der Waals surface area contributed by atoms with E-state index < -0.39 is 0 Å². The molecule has 3 N–H and O–H groups in total. The molecule has 0 unspecified atom stereocenters. The van der Waals surface area contributed by atoms with E-state index in [1.165, 1.54) is 5.56 Å². The standard InChI is InChI=1S/C23H32N4O3/c1-28-21-7-6-18(15-22(21)29-2)8-9-25-23(24)26-16-19-4-3-5-20(14-19)17-27-10-12-30-13-11-27/h3-7,14-15H,8-13,16-17H2,1-2H3,(H3,24,25,26). The summed E-state index contributed by atoms with van der Waals surface area (Å²) in [7, 11) is 3.27. The van der Waals surface area contributed by atoms with Crippen LogP contribution in [0.15, 0.2) is 47.5 Å². The molecular formula is C23H32N4O3. The molecule has 0 bridgehead atoms. The van der Waals surface area contributed by atoms with Gasteiger partial charge in [-0.1, -0.05) is 30.3 Å². The molecular weight excluding hydrogens is 380 g/mol. The normalized spacial score (nSPS) is 15.1. The predicted molar refractivity (Wildman–Crippen MR) is 119 cm³/mol. The van der Waals surface area contributed by atoms with Crippen molar-refractivity contribution in [2.24, 2.45) is 10.7 Å². The summed E-state index contributed by atoms with van der Waals surface area (Å²) in [5.41, 5.74) is 9.64. The first-order valence-corrected chi connectivity index (χ1v) is 10.3.